The summed E-state index contributed by atoms with van der Waals surface area (Å²) in [6.07, 6.45) is -4.60. The second kappa shape index (κ2) is 7.64. The summed E-state index contributed by atoms with van der Waals surface area (Å²) < 4.78 is 56.5. The Balaban J connectivity index is 1.96. The number of hydrogen-bond acceptors (Lipinski definition) is 3. The van der Waals surface area contributed by atoms with E-state index >= 15 is 0 Å². The minimum atomic E-state index is -4.60. The third kappa shape index (κ3) is 5.28. The van der Waals surface area contributed by atoms with Gasteiger partial charge in [0.25, 0.3) is 5.91 Å². The minimum absolute atomic E-state index is 0.122. The Bertz CT molecular complexity index is 808. The third-order valence-corrected chi connectivity index (χ3v) is 3.46. The number of carbonyl (C=O) groups is 2. The first-order valence-corrected chi connectivity index (χ1v) is 7.55. The normalized spacial score (nSPS) is 11.1. The maximum absolute atomic E-state index is 13.6. The van der Waals surface area contributed by atoms with E-state index in [0.29, 0.717) is 10.5 Å². The Morgan fingerprint density at radius 1 is 1.12 bits per heavy atom. The van der Waals surface area contributed by atoms with Crippen molar-refractivity contribution in [2.45, 2.75) is 6.18 Å². The topological polar surface area (TPSA) is 55.4 Å². The van der Waals surface area contributed by atoms with Gasteiger partial charge in [0.05, 0.1) is 16.8 Å². The van der Waals surface area contributed by atoms with Gasteiger partial charge < -0.3 is 10.1 Å². The Hall–Kier alpha value is -2.42. The molecule has 0 heterocycles. The van der Waals surface area contributed by atoms with Crippen LogP contribution in [0.25, 0.3) is 0 Å². The van der Waals surface area contributed by atoms with Crippen molar-refractivity contribution in [2.24, 2.45) is 0 Å². The van der Waals surface area contributed by atoms with Crippen LogP contribution in [0.1, 0.15) is 15.9 Å². The van der Waals surface area contributed by atoms with Gasteiger partial charge in [0.2, 0.25) is 0 Å². The number of benzene rings is 2. The lowest BCUT2D eigenvalue weighted by Crippen LogP contribution is -2.21. The van der Waals surface area contributed by atoms with E-state index in [0.717, 1.165) is 24.3 Å². The highest BCUT2D eigenvalue weighted by molar-refractivity contribution is 9.10. The first-order chi connectivity index (χ1) is 11.7. The summed E-state index contributed by atoms with van der Waals surface area (Å²) >= 11 is 3.06. The van der Waals surface area contributed by atoms with E-state index in [1.807, 2.05) is 0 Å². The zero-order chi connectivity index (χ0) is 18.6. The van der Waals surface area contributed by atoms with Crippen LogP contribution in [-0.4, -0.2) is 18.5 Å². The molecule has 0 saturated carbocycles. The molecule has 132 valence electrons. The molecule has 1 N–H and O–H groups in total. The van der Waals surface area contributed by atoms with Crippen LogP contribution in [0.3, 0.4) is 0 Å². The first kappa shape index (κ1) is 18.9. The maximum Gasteiger partial charge on any atom is 0.416 e. The summed E-state index contributed by atoms with van der Waals surface area (Å²) in [5.74, 6) is -2.63. The lowest BCUT2D eigenvalue weighted by Gasteiger charge is -2.09. The molecule has 2 aromatic rings. The predicted octanol–water partition coefficient (Wildman–Crippen LogP) is 4.40. The van der Waals surface area contributed by atoms with E-state index in [9.17, 15) is 27.2 Å². The summed E-state index contributed by atoms with van der Waals surface area (Å²) in [6.45, 7) is -0.773. The number of rotatable bonds is 4. The Morgan fingerprint density at radius 2 is 1.84 bits per heavy atom. The number of amides is 1. The molecule has 0 fully saturated rings. The number of nitrogens with one attached hydrogen (secondary N) is 1. The quantitative estimate of drug-likeness (QED) is 0.590. The zero-order valence-electron chi connectivity index (χ0n) is 12.4. The molecule has 0 saturated heterocycles. The number of anilines is 1. The van der Waals surface area contributed by atoms with Crippen molar-refractivity contribution in [1.82, 2.24) is 0 Å². The second-order valence-electron chi connectivity index (χ2n) is 4.83. The van der Waals surface area contributed by atoms with Crippen LogP contribution in [-0.2, 0) is 15.7 Å². The summed E-state index contributed by atoms with van der Waals surface area (Å²) in [5, 5.41) is 2.19. The maximum atomic E-state index is 13.6. The molecule has 2 rings (SSSR count). The van der Waals surface area contributed by atoms with E-state index < -0.39 is 36.0 Å². The van der Waals surface area contributed by atoms with Gasteiger partial charge in [-0.2, -0.15) is 13.2 Å². The SMILES string of the molecule is O=C(COC(=O)c1cccc(C(F)(F)F)c1)Nc1ccc(Br)cc1F. The highest BCUT2D eigenvalue weighted by Gasteiger charge is 2.31. The van der Waals surface area contributed by atoms with Crippen LogP contribution in [0.5, 0.6) is 0 Å². The molecule has 25 heavy (non-hydrogen) atoms. The van der Waals surface area contributed by atoms with E-state index in [1.54, 1.807) is 0 Å². The Kier molecular flexibility index (Phi) is 5.78. The summed E-state index contributed by atoms with van der Waals surface area (Å²) in [5.41, 5.74) is -1.48. The van der Waals surface area contributed by atoms with Gasteiger partial charge >= 0.3 is 12.1 Å². The van der Waals surface area contributed by atoms with Gasteiger partial charge in [0.15, 0.2) is 6.61 Å². The van der Waals surface area contributed by atoms with Crippen LogP contribution >= 0.6 is 15.9 Å². The molecule has 0 aliphatic carbocycles. The number of carbonyl (C=O) groups excluding carboxylic acids is 2. The van der Waals surface area contributed by atoms with Crippen molar-refractivity contribution in [1.29, 1.82) is 0 Å². The summed E-state index contributed by atoms with van der Waals surface area (Å²) in [7, 11) is 0. The van der Waals surface area contributed by atoms with Crippen LogP contribution in [0.15, 0.2) is 46.9 Å². The van der Waals surface area contributed by atoms with Crippen molar-refractivity contribution in [3.8, 4) is 0 Å². The molecule has 1 amide bonds. The molecule has 2 aromatic carbocycles. The van der Waals surface area contributed by atoms with Gasteiger partial charge in [-0.25, -0.2) is 9.18 Å². The molecule has 0 bridgehead atoms. The number of alkyl halides is 3. The first-order valence-electron chi connectivity index (χ1n) is 6.76. The molecule has 4 nitrogen and oxygen atoms in total. The molecule has 9 heteroatoms. The lowest BCUT2D eigenvalue weighted by molar-refractivity contribution is -0.137. The van der Waals surface area contributed by atoms with Crippen LogP contribution in [0.2, 0.25) is 0 Å². The average Bonchev–Trinajstić information content (AvgIpc) is 2.54. The fourth-order valence-corrected chi connectivity index (χ4v) is 2.15. The highest BCUT2D eigenvalue weighted by Crippen LogP contribution is 2.29. The molecule has 0 unspecified atom stereocenters. The molecule has 0 atom stereocenters. The van der Waals surface area contributed by atoms with Crippen LogP contribution in [0.4, 0.5) is 23.2 Å². The van der Waals surface area contributed by atoms with Gasteiger partial charge in [-0.05, 0) is 36.4 Å². The van der Waals surface area contributed by atoms with Crippen LogP contribution < -0.4 is 5.32 Å². The number of hydrogen-bond donors (Lipinski definition) is 1. The fourth-order valence-electron chi connectivity index (χ4n) is 1.81. The standard InChI is InChI=1S/C16H10BrF4NO3/c17-11-4-5-13(12(18)7-11)22-14(23)8-25-15(24)9-2-1-3-10(6-9)16(19,20)21/h1-7H,8H2,(H,22,23). The fraction of sp³-hybridized carbons (Fsp3) is 0.125. The molecule has 0 aliphatic heterocycles. The Morgan fingerprint density at radius 3 is 2.48 bits per heavy atom. The molecular weight excluding hydrogens is 410 g/mol. The van der Waals surface area contributed by atoms with Gasteiger partial charge in [-0.15, -0.1) is 0 Å². The van der Waals surface area contributed by atoms with Gasteiger partial charge in [-0.1, -0.05) is 22.0 Å². The number of halogens is 5. The zero-order valence-corrected chi connectivity index (χ0v) is 13.9. The number of ether oxygens (including phenoxy) is 1. The summed E-state index contributed by atoms with van der Waals surface area (Å²) in [4.78, 5) is 23.4. The van der Waals surface area contributed by atoms with Crippen molar-refractivity contribution < 1.29 is 31.9 Å². The van der Waals surface area contributed by atoms with Crippen LogP contribution in [0, 0.1) is 5.82 Å². The smallest absolute Gasteiger partial charge is 0.416 e. The molecule has 0 aromatic heterocycles. The molecule has 0 radical (unpaired) electrons. The van der Waals surface area contributed by atoms with E-state index in [1.165, 1.54) is 12.1 Å². The van der Waals surface area contributed by atoms with E-state index in [-0.39, 0.29) is 11.3 Å². The average molecular weight is 420 g/mol. The van der Waals surface area contributed by atoms with Gasteiger partial charge in [-0.3, -0.25) is 4.79 Å². The third-order valence-electron chi connectivity index (χ3n) is 2.97. The van der Waals surface area contributed by atoms with Crippen molar-refractivity contribution in [2.75, 3.05) is 11.9 Å². The molecular formula is C16H10BrF4NO3. The van der Waals surface area contributed by atoms with Gasteiger partial charge in [0, 0.05) is 4.47 Å². The largest absolute Gasteiger partial charge is 0.452 e. The molecule has 0 spiro atoms. The minimum Gasteiger partial charge on any atom is -0.452 e. The monoisotopic (exact) mass is 419 g/mol. The van der Waals surface area contributed by atoms with E-state index in [2.05, 4.69) is 26.0 Å². The van der Waals surface area contributed by atoms with Crippen molar-refractivity contribution in [3.05, 3.63) is 63.9 Å². The second-order valence-corrected chi connectivity index (χ2v) is 5.74. The predicted molar refractivity (Wildman–Crippen MR) is 84.5 cm³/mol. The number of esters is 1. The Labute approximate surface area is 147 Å². The van der Waals surface area contributed by atoms with Gasteiger partial charge in [0.1, 0.15) is 5.82 Å². The van der Waals surface area contributed by atoms with E-state index in [4.69, 9.17) is 0 Å². The lowest BCUT2D eigenvalue weighted by atomic mass is 10.1. The summed E-state index contributed by atoms with van der Waals surface area (Å²) in [6, 6.07) is 7.53. The van der Waals surface area contributed by atoms with Crippen molar-refractivity contribution in [3.63, 3.8) is 0 Å². The highest BCUT2D eigenvalue weighted by atomic mass is 79.9. The molecule has 0 aliphatic rings. The van der Waals surface area contributed by atoms with Crippen molar-refractivity contribution >= 4 is 33.5 Å².